The fourth-order valence-corrected chi connectivity index (χ4v) is 3.01. The van der Waals surface area contributed by atoms with Crippen LogP contribution in [0.5, 0.6) is 11.5 Å². The Morgan fingerprint density at radius 2 is 1.92 bits per heavy atom. The summed E-state index contributed by atoms with van der Waals surface area (Å²) in [5, 5.41) is 18.9. The Kier molecular flexibility index (Phi) is 4.85. The van der Waals surface area contributed by atoms with Gasteiger partial charge in [0.15, 0.2) is 11.5 Å². The van der Waals surface area contributed by atoms with Crippen LogP contribution in [0.3, 0.4) is 0 Å². The monoisotopic (exact) mass is 356 g/mol. The number of phenols is 1. The number of phenolic OH excluding ortho intramolecular Hbond substituents is 1. The molecule has 2 aromatic carbocycles. The van der Waals surface area contributed by atoms with Gasteiger partial charge in [-0.05, 0) is 36.4 Å². The van der Waals surface area contributed by atoms with Crippen LogP contribution in [0.25, 0.3) is 0 Å². The van der Waals surface area contributed by atoms with Crippen molar-refractivity contribution < 1.29 is 19.7 Å². The summed E-state index contributed by atoms with van der Waals surface area (Å²) in [6.45, 7) is 0.561. The number of hydrogen-bond donors (Lipinski definition) is 2. The van der Waals surface area contributed by atoms with E-state index in [4.69, 9.17) is 9.84 Å². The third-order valence-corrected chi connectivity index (χ3v) is 4.46. The van der Waals surface area contributed by atoms with Gasteiger partial charge >= 0.3 is 5.97 Å². The molecule has 1 aromatic heterocycles. The number of carboxylic acids is 1. The normalized spacial score (nSPS) is 10.4. The maximum atomic E-state index is 11.1. The molecular formula is C18H16N2O4S. The zero-order valence-electron chi connectivity index (χ0n) is 13.4. The molecule has 25 heavy (non-hydrogen) atoms. The van der Waals surface area contributed by atoms with Crippen molar-refractivity contribution in [2.45, 2.75) is 6.54 Å². The van der Waals surface area contributed by atoms with Gasteiger partial charge in [-0.2, -0.15) is 0 Å². The van der Waals surface area contributed by atoms with Crippen molar-refractivity contribution in [3.05, 3.63) is 64.6 Å². The molecule has 0 bridgehead atoms. The molecule has 0 unspecified atom stereocenters. The first-order valence-electron chi connectivity index (χ1n) is 7.44. The lowest BCUT2D eigenvalue weighted by Gasteiger charge is -2.25. The van der Waals surface area contributed by atoms with E-state index in [0.29, 0.717) is 12.3 Å². The Bertz CT molecular complexity index is 863. The molecule has 0 aliphatic heterocycles. The highest BCUT2D eigenvalue weighted by molar-refractivity contribution is 7.09. The largest absolute Gasteiger partial charge is 0.504 e. The van der Waals surface area contributed by atoms with Gasteiger partial charge in [0.25, 0.3) is 0 Å². The van der Waals surface area contributed by atoms with Crippen LogP contribution in [-0.4, -0.2) is 28.3 Å². The van der Waals surface area contributed by atoms with Crippen molar-refractivity contribution in [3.63, 3.8) is 0 Å². The highest BCUT2D eigenvalue weighted by atomic mass is 32.1. The van der Waals surface area contributed by atoms with E-state index < -0.39 is 5.97 Å². The Hall–Kier alpha value is -3.06. The molecule has 0 amide bonds. The number of methoxy groups -OCH3 is 1. The Balaban J connectivity index is 2.01. The fourth-order valence-electron chi connectivity index (χ4n) is 2.43. The number of thiazole rings is 1. The molecule has 0 saturated carbocycles. The molecule has 0 atom stereocenters. The number of anilines is 2. The maximum absolute atomic E-state index is 11.1. The van der Waals surface area contributed by atoms with E-state index in [9.17, 15) is 9.90 Å². The number of aromatic hydroxyl groups is 1. The number of ether oxygens (including phenoxy) is 1. The number of aromatic carboxylic acids is 1. The van der Waals surface area contributed by atoms with Crippen molar-refractivity contribution in [2.24, 2.45) is 0 Å². The summed E-state index contributed by atoms with van der Waals surface area (Å²) >= 11 is 1.53. The molecule has 3 aromatic rings. The van der Waals surface area contributed by atoms with Gasteiger partial charge in [-0.15, -0.1) is 11.3 Å². The highest BCUT2D eigenvalue weighted by Crippen LogP contribution is 2.35. The predicted octanol–water partition coefficient (Wildman–Crippen LogP) is 3.89. The van der Waals surface area contributed by atoms with Crippen molar-refractivity contribution in [1.82, 2.24) is 4.98 Å². The molecule has 3 rings (SSSR count). The zero-order chi connectivity index (χ0) is 17.8. The average molecular weight is 356 g/mol. The lowest BCUT2D eigenvalue weighted by atomic mass is 10.1. The molecule has 2 N–H and O–H groups in total. The van der Waals surface area contributed by atoms with Crippen molar-refractivity contribution in [2.75, 3.05) is 12.0 Å². The summed E-state index contributed by atoms with van der Waals surface area (Å²) < 4.78 is 5.19. The maximum Gasteiger partial charge on any atom is 0.335 e. The van der Waals surface area contributed by atoms with E-state index in [1.54, 1.807) is 54.2 Å². The highest BCUT2D eigenvalue weighted by Gasteiger charge is 2.14. The molecule has 0 aliphatic carbocycles. The summed E-state index contributed by atoms with van der Waals surface area (Å²) in [7, 11) is 1.49. The van der Waals surface area contributed by atoms with Gasteiger partial charge in [-0.3, -0.25) is 4.98 Å². The molecule has 0 aliphatic rings. The smallest absolute Gasteiger partial charge is 0.335 e. The third-order valence-electron chi connectivity index (χ3n) is 3.70. The zero-order valence-corrected chi connectivity index (χ0v) is 14.2. The van der Waals surface area contributed by atoms with Crippen LogP contribution in [-0.2, 0) is 6.54 Å². The number of benzene rings is 2. The average Bonchev–Trinajstić information content (AvgIpc) is 3.13. The van der Waals surface area contributed by atoms with Crippen LogP contribution in [0.15, 0.2) is 54.2 Å². The van der Waals surface area contributed by atoms with Crippen LogP contribution in [0.4, 0.5) is 11.4 Å². The SMILES string of the molecule is COc1cc(N(Cc2cncs2)c2ccc(C(=O)O)cc2)ccc1O. The summed E-state index contributed by atoms with van der Waals surface area (Å²) in [4.78, 5) is 18.2. The quantitative estimate of drug-likeness (QED) is 0.697. The van der Waals surface area contributed by atoms with Crippen LogP contribution in [0.1, 0.15) is 15.2 Å². The standard InChI is InChI=1S/C18H16N2O4S/c1-24-17-8-14(6-7-16(17)21)20(10-15-9-19-11-25-15)13-4-2-12(3-5-13)18(22)23/h2-9,11,21H,10H2,1H3,(H,22,23). The first kappa shape index (κ1) is 16.8. The number of hydrogen-bond acceptors (Lipinski definition) is 6. The van der Waals surface area contributed by atoms with Gasteiger partial charge in [0.2, 0.25) is 0 Å². The minimum absolute atomic E-state index is 0.0604. The molecule has 0 saturated heterocycles. The summed E-state index contributed by atoms with van der Waals surface area (Å²) in [5.74, 6) is -0.536. The van der Waals surface area contributed by atoms with Crippen molar-refractivity contribution >= 4 is 28.7 Å². The second kappa shape index (κ2) is 7.23. The predicted molar refractivity (Wildman–Crippen MR) is 96.0 cm³/mol. The van der Waals surface area contributed by atoms with Gasteiger partial charge < -0.3 is 19.8 Å². The second-order valence-electron chi connectivity index (χ2n) is 5.26. The lowest BCUT2D eigenvalue weighted by molar-refractivity contribution is 0.0697. The van der Waals surface area contributed by atoms with Crippen LogP contribution < -0.4 is 9.64 Å². The van der Waals surface area contributed by atoms with Crippen LogP contribution >= 0.6 is 11.3 Å². The summed E-state index contributed by atoms with van der Waals surface area (Å²) in [6.07, 6.45) is 1.79. The number of nitrogens with zero attached hydrogens (tertiary/aromatic N) is 2. The van der Waals surface area contributed by atoms with Gasteiger partial charge in [0.05, 0.1) is 24.7 Å². The Labute approximate surface area is 148 Å². The number of aromatic nitrogens is 1. The number of carbonyl (C=O) groups is 1. The van der Waals surface area contributed by atoms with Crippen LogP contribution in [0.2, 0.25) is 0 Å². The molecule has 0 fully saturated rings. The molecule has 0 spiro atoms. The van der Waals surface area contributed by atoms with Crippen molar-refractivity contribution in [1.29, 1.82) is 0 Å². The molecule has 0 radical (unpaired) electrons. The van der Waals surface area contributed by atoms with E-state index in [2.05, 4.69) is 4.98 Å². The Morgan fingerprint density at radius 1 is 1.20 bits per heavy atom. The minimum Gasteiger partial charge on any atom is -0.504 e. The second-order valence-corrected chi connectivity index (χ2v) is 6.23. The van der Waals surface area contributed by atoms with Gasteiger partial charge in [0, 0.05) is 28.5 Å². The number of carboxylic acid groups (broad SMARTS) is 1. The third kappa shape index (κ3) is 3.72. The summed E-state index contributed by atoms with van der Waals surface area (Å²) in [5.41, 5.74) is 3.63. The lowest BCUT2D eigenvalue weighted by Crippen LogP contribution is -2.16. The first-order chi connectivity index (χ1) is 12.1. The van der Waals surface area contributed by atoms with Gasteiger partial charge in [-0.1, -0.05) is 0 Å². The van der Waals surface area contributed by atoms with E-state index >= 15 is 0 Å². The molecular weight excluding hydrogens is 340 g/mol. The first-order valence-corrected chi connectivity index (χ1v) is 8.31. The minimum atomic E-state index is -0.966. The van der Waals surface area contributed by atoms with Crippen LogP contribution in [0, 0.1) is 0 Å². The van der Waals surface area contributed by atoms with E-state index in [-0.39, 0.29) is 11.3 Å². The molecule has 1 heterocycles. The topological polar surface area (TPSA) is 82.9 Å². The molecule has 6 nitrogen and oxygen atoms in total. The van der Waals surface area contributed by atoms with Crippen molar-refractivity contribution in [3.8, 4) is 11.5 Å². The molecule has 128 valence electrons. The van der Waals surface area contributed by atoms with E-state index in [1.165, 1.54) is 18.4 Å². The van der Waals surface area contributed by atoms with E-state index in [1.807, 2.05) is 4.90 Å². The van der Waals surface area contributed by atoms with Gasteiger partial charge in [-0.25, -0.2) is 4.79 Å². The number of rotatable bonds is 6. The molecule has 7 heteroatoms. The van der Waals surface area contributed by atoms with E-state index in [0.717, 1.165) is 16.3 Å². The fraction of sp³-hybridized carbons (Fsp3) is 0.111. The van der Waals surface area contributed by atoms with Gasteiger partial charge in [0.1, 0.15) is 0 Å². The Morgan fingerprint density at radius 3 is 2.52 bits per heavy atom. The summed E-state index contributed by atoms with van der Waals surface area (Å²) in [6, 6.07) is 11.7.